The molecule has 1 aliphatic carbocycles. The third kappa shape index (κ3) is 4.81. The van der Waals surface area contributed by atoms with Crippen molar-refractivity contribution in [1.29, 1.82) is 0 Å². The molecule has 0 aromatic heterocycles. The standard InChI is InChI=1S/C9H20N2O.ClH/c10-11-9-5-3-8(4-6-9)2-1-7-12;/h8-9,11-12H,1-7,10H2;1H. The van der Waals surface area contributed by atoms with Crippen LogP contribution in [0.25, 0.3) is 0 Å². The summed E-state index contributed by atoms with van der Waals surface area (Å²) in [5.74, 6) is 6.19. The van der Waals surface area contributed by atoms with Crippen LogP contribution < -0.4 is 11.3 Å². The van der Waals surface area contributed by atoms with E-state index >= 15 is 0 Å². The number of aliphatic hydroxyl groups is 1. The average molecular weight is 209 g/mol. The van der Waals surface area contributed by atoms with Gasteiger partial charge in [-0.2, -0.15) is 0 Å². The first-order valence-corrected chi connectivity index (χ1v) is 4.93. The van der Waals surface area contributed by atoms with Crippen LogP contribution in [0.4, 0.5) is 0 Å². The highest BCUT2D eigenvalue weighted by molar-refractivity contribution is 5.85. The molecule has 4 N–H and O–H groups in total. The van der Waals surface area contributed by atoms with Crippen LogP contribution in [-0.4, -0.2) is 17.8 Å². The van der Waals surface area contributed by atoms with Crippen LogP contribution in [0, 0.1) is 5.92 Å². The zero-order valence-electron chi connectivity index (χ0n) is 8.04. The van der Waals surface area contributed by atoms with Gasteiger partial charge in [-0.25, -0.2) is 0 Å². The first-order valence-electron chi connectivity index (χ1n) is 4.93. The van der Waals surface area contributed by atoms with Crippen LogP contribution in [0.1, 0.15) is 38.5 Å². The summed E-state index contributed by atoms with van der Waals surface area (Å²) < 4.78 is 0. The van der Waals surface area contributed by atoms with E-state index in [9.17, 15) is 0 Å². The number of nitrogens with two attached hydrogens (primary N) is 1. The molecule has 13 heavy (non-hydrogen) atoms. The molecule has 0 aliphatic heterocycles. The van der Waals surface area contributed by atoms with Crippen molar-refractivity contribution in [2.75, 3.05) is 6.61 Å². The number of hydrazine groups is 1. The highest BCUT2D eigenvalue weighted by Gasteiger charge is 2.19. The topological polar surface area (TPSA) is 58.3 Å². The lowest BCUT2D eigenvalue weighted by Crippen LogP contribution is -2.37. The second-order valence-electron chi connectivity index (χ2n) is 3.75. The second-order valence-corrected chi connectivity index (χ2v) is 3.75. The third-order valence-electron chi connectivity index (χ3n) is 2.85. The minimum Gasteiger partial charge on any atom is -0.396 e. The fraction of sp³-hybridized carbons (Fsp3) is 1.00. The lowest BCUT2D eigenvalue weighted by atomic mass is 9.84. The smallest absolute Gasteiger partial charge is 0.0431 e. The van der Waals surface area contributed by atoms with E-state index < -0.39 is 0 Å². The van der Waals surface area contributed by atoms with E-state index in [1.807, 2.05) is 0 Å². The van der Waals surface area contributed by atoms with E-state index in [4.69, 9.17) is 10.9 Å². The molecule has 0 heterocycles. The summed E-state index contributed by atoms with van der Waals surface area (Å²) in [5.41, 5.74) is 2.83. The Balaban J connectivity index is 0.00000144. The van der Waals surface area contributed by atoms with Crippen molar-refractivity contribution < 1.29 is 5.11 Å². The van der Waals surface area contributed by atoms with E-state index in [2.05, 4.69) is 5.43 Å². The number of halogens is 1. The maximum absolute atomic E-state index is 8.66. The van der Waals surface area contributed by atoms with Gasteiger partial charge in [0.15, 0.2) is 0 Å². The minimum absolute atomic E-state index is 0. The summed E-state index contributed by atoms with van der Waals surface area (Å²) in [6.45, 7) is 0.342. The Hall–Kier alpha value is 0.170. The van der Waals surface area contributed by atoms with Crippen molar-refractivity contribution in [1.82, 2.24) is 5.43 Å². The van der Waals surface area contributed by atoms with Gasteiger partial charge < -0.3 is 5.11 Å². The van der Waals surface area contributed by atoms with Crippen molar-refractivity contribution in [3.63, 3.8) is 0 Å². The summed E-state index contributed by atoms with van der Waals surface area (Å²) in [4.78, 5) is 0. The molecule has 3 nitrogen and oxygen atoms in total. The molecule has 0 aromatic rings. The van der Waals surface area contributed by atoms with Crippen molar-refractivity contribution in [3.05, 3.63) is 0 Å². The quantitative estimate of drug-likeness (QED) is 0.481. The van der Waals surface area contributed by atoms with Crippen molar-refractivity contribution in [3.8, 4) is 0 Å². The van der Waals surface area contributed by atoms with Gasteiger partial charge in [-0.3, -0.25) is 11.3 Å². The molecule has 0 saturated heterocycles. The molecule has 1 fully saturated rings. The highest BCUT2D eigenvalue weighted by atomic mass is 35.5. The Morgan fingerprint density at radius 2 is 1.85 bits per heavy atom. The summed E-state index contributed by atoms with van der Waals surface area (Å²) in [6, 6.07) is 0.537. The van der Waals surface area contributed by atoms with Crippen LogP contribution in [0.2, 0.25) is 0 Å². The summed E-state index contributed by atoms with van der Waals surface area (Å²) in [5, 5.41) is 8.66. The molecule has 0 radical (unpaired) electrons. The number of aliphatic hydroxyl groups excluding tert-OH is 1. The molecule has 0 amide bonds. The monoisotopic (exact) mass is 208 g/mol. The predicted molar refractivity (Wildman–Crippen MR) is 56.6 cm³/mol. The van der Waals surface area contributed by atoms with E-state index in [-0.39, 0.29) is 12.4 Å². The minimum atomic E-state index is 0. The van der Waals surface area contributed by atoms with Gasteiger partial charge in [0.2, 0.25) is 0 Å². The lowest BCUT2D eigenvalue weighted by molar-refractivity contribution is 0.238. The van der Waals surface area contributed by atoms with Gasteiger partial charge in [0.05, 0.1) is 0 Å². The molecular formula is C9H21ClN2O. The summed E-state index contributed by atoms with van der Waals surface area (Å²) >= 11 is 0. The van der Waals surface area contributed by atoms with Gasteiger partial charge in [0, 0.05) is 12.6 Å². The Morgan fingerprint density at radius 1 is 1.23 bits per heavy atom. The molecule has 1 saturated carbocycles. The fourth-order valence-electron chi connectivity index (χ4n) is 2.00. The summed E-state index contributed by atoms with van der Waals surface area (Å²) in [6.07, 6.45) is 7.10. The average Bonchev–Trinajstić information content (AvgIpc) is 2.15. The molecule has 0 atom stereocenters. The lowest BCUT2D eigenvalue weighted by Gasteiger charge is -2.27. The normalized spacial score (nSPS) is 28.2. The number of rotatable bonds is 4. The molecule has 80 valence electrons. The first kappa shape index (κ1) is 13.2. The van der Waals surface area contributed by atoms with Gasteiger partial charge in [-0.15, -0.1) is 12.4 Å². The van der Waals surface area contributed by atoms with Crippen LogP contribution in [0.3, 0.4) is 0 Å². The van der Waals surface area contributed by atoms with Crippen LogP contribution in [0.15, 0.2) is 0 Å². The Labute approximate surface area is 86.5 Å². The maximum Gasteiger partial charge on any atom is 0.0431 e. The molecule has 4 heteroatoms. The maximum atomic E-state index is 8.66. The van der Waals surface area contributed by atoms with Gasteiger partial charge >= 0.3 is 0 Å². The van der Waals surface area contributed by atoms with Crippen LogP contribution in [-0.2, 0) is 0 Å². The molecule has 0 bridgehead atoms. The summed E-state index contributed by atoms with van der Waals surface area (Å²) in [7, 11) is 0. The molecular weight excluding hydrogens is 188 g/mol. The molecule has 1 rings (SSSR count). The van der Waals surface area contributed by atoms with Gasteiger partial charge in [0.25, 0.3) is 0 Å². The van der Waals surface area contributed by atoms with E-state index in [1.165, 1.54) is 32.1 Å². The fourth-order valence-corrected chi connectivity index (χ4v) is 2.00. The van der Waals surface area contributed by atoms with E-state index in [1.54, 1.807) is 0 Å². The Kier molecular flexibility index (Phi) is 7.66. The van der Waals surface area contributed by atoms with Crippen molar-refractivity contribution in [2.24, 2.45) is 11.8 Å². The largest absolute Gasteiger partial charge is 0.396 e. The van der Waals surface area contributed by atoms with Gasteiger partial charge in [0.1, 0.15) is 0 Å². The Morgan fingerprint density at radius 3 is 2.31 bits per heavy atom. The highest BCUT2D eigenvalue weighted by Crippen LogP contribution is 2.27. The molecule has 0 aromatic carbocycles. The van der Waals surface area contributed by atoms with Crippen LogP contribution in [0.5, 0.6) is 0 Å². The van der Waals surface area contributed by atoms with Gasteiger partial charge in [-0.1, -0.05) is 0 Å². The van der Waals surface area contributed by atoms with Crippen LogP contribution >= 0.6 is 12.4 Å². The zero-order valence-corrected chi connectivity index (χ0v) is 8.85. The Bertz CT molecular complexity index is 116. The number of hydrogen-bond donors (Lipinski definition) is 3. The number of hydrogen-bond acceptors (Lipinski definition) is 3. The molecule has 0 spiro atoms. The number of nitrogens with one attached hydrogen (secondary N) is 1. The second kappa shape index (κ2) is 7.56. The molecule has 0 unspecified atom stereocenters. The first-order chi connectivity index (χ1) is 5.86. The van der Waals surface area contributed by atoms with Gasteiger partial charge in [-0.05, 0) is 44.4 Å². The zero-order chi connectivity index (χ0) is 8.81. The van der Waals surface area contributed by atoms with E-state index in [0.717, 1.165) is 12.3 Å². The van der Waals surface area contributed by atoms with Crippen molar-refractivity contribution >= 4 is 12.4 Å². The molecule has 1 aliphatic rings. The third-order valence-corrected chi connectivity index (χ3v) is 2.85. The SMILES string of the molecule is Cl.NNC1CCC(CCCO)CC1. The van der Waals surface area contributed by atoms with E-state index in [0.29, 0.717) is 12.6 Å². The predicted octanol–water partition coefficient (Wildman–Crippen LogP) is 1.20. The van der Waals surface area contributed by atoms with Crippen molar-refractivity contribution in [2.45, 2.75) is 44.6 Å².